The summed E-state index contributed by atoms with van der Waals surface area (Å²) in [6, 6.07) is 2.44. The standard InChI is InChI=1S/C14H18Cl2N2O5S/c1-2-23-13(19)9-17-3-5-18(6-4-17)24(21,22)12-8-10(15)7-11(16)14(12)20/h7-8,20H,2-6,9H2,1H3. The highest BCUT2D eigenvalue weighted by Gasteiger charge is 2.32. The maximum atomic E-state index is 12.7. The molecule has 0 saturated carbocycles. The molecule has 0 bridgehead atoms. The van der Waals surface area contributed by atoms with Crippen LogP contribution in [0.4, 0.5) is 0 Å². The summed E-state index contributed by atoms with van der Waals surface area (Å²) < 4.78 is 31.5. The Morgan fingerprint density at radius 2 is 1.88 bits per heavy atom. The van der Waals surface area contributed by atoms with Crippen LogP contribution in [0, 0.1) is 0 Å². The first-order chi connectivity index (χ1) is 11.3. The zero-order valence-electron chi connectivity index (χ0n) is 13.0. The summed E-state index contributed by atoms with van der Waals surface area (Å²) in [5.74, 6) is -0.858. The summed E-state index contributed by atoms with van der Waals surface area (Å²) in [5.41, 5.74) is 0. The van der Waals surface area contributed by atoms with Crippen LogP contribution >= 0.6 is 23.2 Å². The minimum Gasteiger partial charge on any atom is -0.505 e. The third kappa shape index (κ3) is 4.31. The second kappa shape index (κ2) is 7.88. The molecule has 2 rings (SSSR count). The Bertz CT molecular complexity index is 718. The number of phenolic OH excluding ortho intramolecular Hbond substituents is 1. The van der Waals surface area contributed by atoms with E-state index in [9.17, 15) is 18.3 Å². The third-order valence-corrected chi connectivity index (χ3v) is 6.02. The van der Waals surface area contributed by atoms with E-state index >= 15 is 0 Å². The van der Waals surface area contributed by atoms with Gasteiger partial charge >= 0.3 is 5.97 Å². The molecule has 0 unspecified atom stereocenters. The molecule has 1 N–H and O–H groups in total. The van der Waals surface area contributed by atoms with Crippen LogP contribution in [0.2, 0.25) is 10.0 Å². The molecule has 1 aliphatic heterocycles. The Hall–Kier alpha value is -1.06. The highest BCUT2D eigenvalue weighted by atomic mass is 35.5. The molecule has 134 valence electrons. The lowest BCUT2D eigenvalue weighted by Crippen LogP contribution is -2.50. The van der Waals surface area contributed by atoms with Crippen molar-refractivity contribution in [2.24, 2.45) is 0 Å². The van der Waals surface area contributed by atoms with Crippen molar-refractivity contribution in [2.75, 3.05) is 39.3 Å². The second-order valence-electron chi connectivity index (χ2n) is 5.22. The van der Waals surface area contributed by atoms with E-state index in [0.717, 1.165) is 0 Å². The molecule has 1 aromatic rings. The molecule has 0 atom stereocenters. The van der Waals surface area contributed by atoms with Crippen LogP contribution in [0.25, 0.3) is 0 Å². The molecule has 1 fully saturated rings. The van der Waals surface area contributed by atoms with E-state index in [1.807, 2.05) is 4.90 Å². The predicted octanol–water partition coefficient (Wildman–Crippen LogP) is 1.57. The summed E-state index contributed by atoms with van der Waals surface area (Å²) in [4.78, 5) is 13.0. The van der Waals surface area contributed by atoms with Gasteiger partial charge in [0.1, 0.15) is 4.90 Å². The Kier molecular flexibility index (Phi) is 6.33. The average molecular weight is 397 g/mol. The molecule has 0 spiro atoms. The summed E-state index contributed by atoms with van der Waals surface area (Å²) in [5, 5.41) is 9.95. The lowest BCUT2D eigenvalue weighted by atomic mass is 10.3. The van der Waals surface area contributed by atoms with Crippen LogP contribution in [0.15, 0.2) is 17.0 Å². The molecular weight excluding hydrogens is 379 g/mol. The number of hydrogen-bond donors (Lipinski definition) is 1. The number of aromatic hydroxyl groups is 1. The van der Waals surface area contributed by atoms with E-state index in [2.05, 4.69) is 0 Å². The fraction of sp³-hybridized carbons (Fsp3) is 0.500. The largest absolute Gasteiger partial charge is 0.505 e. The number of ether oxygens (including phenoxy) is 1. The van der Waals surface area contributed by atoms with E-state index in [-0.39, 0.29) is 40.5 Å². The van der Waals surface area contributed by atoms with Crippen molar-refractivity contribution in [3.8, 4) is 5.75 Å². The number of esters is 1. The number of nitrogens with zero attached hydrogens (tertiary/aromatic N) is 2. The van der Waals surface area contributed by atoms with Crippen LogP contribution in [-0.2, 0) is 19.6 Å². The van der Waals surface area contributed by atoms with E-state index in [4.69, 9.17) is 27.9 Å². The molecule has 1 aliphatic rings. The van der Waals surface area contributed by atoms with Gasteiger partial charge in [0.2, 0.25) is 10.0 Å². The Labute approximate surface area is 150 Å². The van der Waals surface area contributed by atoms with Gasteiger partial charge in [-0.05, 0) is 19.1 Å². The molecule has 1 heterocycles. The first-order valence-corrected chi connectivity index (χ1v) is 9.51. The first-order valence-electron chi connectivity index (χ1n) is 7.32. The van der Waals surface area contributed by atoms with E-state index in [1.54, 1.807) is 6.92 Å². The molecule has 1 aromatic carbocycles. The highest BCUT2D eigenvalue weighted by Crippen LogP contribution is 2.35. The Balaban J connectivity index is 2.09. The van der Waals surface area contributed by atoms with Crippen LogP contribution in [-0.4, -0.2) is 68.0 Å². The number of carbonyl (C=O) groups is 1. The molecule has 1 saturated heterocycles. The van der Waals surface area contributed by atoms with Gasteiger partial charge in [0.25, 0.3) is 0 Å². The smallest absolute Gasteiger partial charge is 0.320 e. The zero-order valence-corrected chi connectivity index (χ0v) is 15.4. The summed E-state index contributed by atoms with van der Waals surface area (Å²) in [7, 11) is -3.93. The van der Waals surface area contributed by atoms with Gasteiger partial charge in [-0.1, -0.05) is 23.2 Å². The maximum absolute atomic E-state index is 12.7. The van der Waals surface area contributed by atoms with Crippen molar-refractivity contribution in [1.82, 2.24) is 9.21 Å². The quantitative estimate of drug-likeness (QED) is 0.759. The minimum atomic E-state index is -3.93. The third-order valence-electron chi connectivity index (χ3n) is 3.60. The van der Waals surface area contributed by atoms with Gasteiger partial charge in [0, 0.05) is 31.2 Å². The lowest BCUT2D eigenvalue weighted by Gasteiger charge is -2.33. The van der Waals surface area contributed by atoms with Crippen molar-refractivity contribution in [1.29, 1.82) is 0 Å². The van der Waals surface area contributed by atoms with Gasteiger partial charge in [-0.3, -0.25) is 9.69 Å². The van der Waals surface area contributed by atoms with Gasteiger partial charge in [-0.2, -0.15) is 4.31 Å². The molecule has 24 heavy (non-hydrogen) atoms. The first kappa shape index (κ1) is 19.3. The number of sulfonamides is 1. The topological polar surface area (TPSA) is 87.2 Å². The number of piperazine rings is 1. The number of benzene rings is 1. The van der Waals surface area contributed by atoms with Crippen LogP contribution < -0.4 is 0 Å². The van der Waals surface area contributed by atoms with E-state index < -0.39 is 15.8 Å². The predicted molar refractivity (Wildman–Crippen MR) is 90.0 cm³/mol. The van der Waals surface area contributed by atoms with Crippen molar-refractivity contribution < 1.29 is 23.1 Å². The fourth-order valence-electron chi connectivity index (χ4n) is 2.40. The minimum absolute atomic E-state index is 0.121. The maximum Gasteiger partial charge on any atom is 0.320 e. The Morgan fingerprint density at radius 3 is 2.46 bits per heavy atom. The normalized spacial score (nSPS) is 17.0. The van der Waals surface area contributed by atoms with Crippen molar-refractivity contribution in [2.45, 2.75) is 11.8 Å². The molecule has 0 amide bonds. The number of phenols is 1. The number of rotatable bonds is 5. The van der Waals surface area contributed by atoms with Gasteiger partial charge in [-0.15, -0.1) is 0 Å². The summed E-state index contributed by atoms with van der Waals surface area (Å²) >= 11 is 11.6. The van der Waals surface area contributed by atoms with Crippen molar-refractivity contribution >= 4 is 39.2 Å². The monoisotopic (exact) mass is 396 g/mol. The zero-order chi connectivity index (χ0) is 17.9. The summed E-state index contributed by atoms with van der Waals surface area (Å²) in [6.45, 7) is 3.29. The lowest BCUT2D eigenvalue weighted by molar-refractivity contribution is -0.144. The van der Waals surface area contributed by atoms with Crippen molar-refractivity contribution in [3.05, 3.63) is 22.2 Å². The number of carbonyl (C=O) groups excluding carboxylic acids is 1. The molecule has 0 aliphatic carbocycles. The molecule has 7 nitrogen and oxygen atoms in total. The second-order valence-corrected chi connectivity index (χ2v) is 7.97. The van der Waals surface area contributed by atoms with E-state index in [1.165, 1.54) is 16.4 Å². The number of hydrogen-bond acceptors (Lipinski definition) is 6. The molecular formula is C14H18Cl2N2O5S. The van der Waals surface area contributed by atoms with Gasteiger partial charge in [-0.25, -0.2) is 8.42 Å². The highest BCUT2D eigenvalue weighted by molar-refractivity contribution is 7.89. The average Bonchev–Trinajstić information content (AvgIpc) is 2.51. The Morgan fingerprint density at radius 1 is 1.25 bits per heavy atom. The van der Waals surface area contributed by atoms with Gasteiger partial charge < -0.3 is 9.84 Å². The SMILES string of the molecule is CCOC(=O)CN1CCN(S(=O)(=O)c2cc(Cl)cc(Cl)c2O)CC1. The van der Waals surface area contributed by atoms with Gasteiger partial charge in [0.05, 0.1) is 18.2 Å². The molecule has 0 radical (unpaired) electrons. The molecule has 0 aromatic heterocycles. The molecule has 10 heteroatoms. The van der Waals surface area contributed by atoms with Crippen molar-refractivity contribution in [3.63, 3.8) is 0 Å². The van der Waals surface area contributed by atoms with Crippen LogP contribution in [0.5, 0.6) is 5.75 Å². The summed E-state index contributed by atoms with van der Waals surface area (Å²) in [6.07, 6.45) is 0. The van der Waals surface area contributed by atoms with Gasteiger partial charge in [0.15, 0.2) is 5.75 Å². The van der Waals surface area contributed by atoms with Crippen LogP contribution in [0.3, 0.4) is 0 Å². The number of halogens is 2. The van der Waals surface area contributed by atoms with E-state index in [0.29, 0.717) is 19.7 Å². The fourth-order valence-corrected chi connectivity index (χ4v) is 4.56. The van der Waals surface area contributed by atoms with Crippen LogP contribution in [0.1, 0.15) is 6.92 Å².